The van der Waals surface area contributed by atoms with Gasteiger partial charge in [-0.1, -0.05) is 54.6 Å². The van der Waals surface area contributed by atoms with E-state index in [1.54, 1.807) is 0 Å². The molecular weight excluding hydrogens is 362 g/mol. The standard InChI is InChI=1S/C25H27NO3/c1-2-29-21-12-10-19(11-13-21)24(26-16-14-20(15-17-26)25(27)28)23-9-5-7-18-6-3-4-8-22(18)23/h3-13,20,24H,2,14-17H2,1H3,(H,27,28). The van der Waals surface area contributed by atoms with E-state index >= 15 is 0 Å². The number of hydrogen-bond donors (Lipinski definition) is 1. The lowest BCUT2D eigenvalue weighted by molar-refractivity contribution is -0.143. The maximum absolute atomic E-state index is 11.4. The van der Waals surface area contributed by atoms with Crippen molar-refractivity contribution in [3.05, 3.63) is 77.9 Å². The normalized spacial score (nSPS) is 16.6. The molecule has 150 valence electrons. The van der Waals surface area contributed by atoms with Gasteiger partial charge in [0.05, 0.1) is 18.6 Å². The van der Waals surface area contributed by atoms with E-state index in [4.69, 9.17) is 4.74 Å². The van der Waals surface area contributed by atoms with Gasteiger partial charge in [0.15, 0.2) is 0 Å². The SMILES string of the molecule is CCOc1ccc(C(c2cccc3ccccc23)N2CCC(C(=O)O)CC2)cc1. The first-order valence-corrected chi connectivity index (χ1v) is 10.3. The monoisotopic (exact) mass is 389 g/mol. The number of likely N-dealkylation sites (tertiary alicyclic amines) is 1. The lowest BCUT2D eigenvalue weighted by atomic mass is 9.89. The number of nitrogens with zero attached hydrogens (tertiary/aromatic N) is 1. The molecule has 1 heterocycles. The fraction of sp³-hybridized carbons (Fsp3) is 0.320. The highest BCUT2D eigenvalue weighted by Crippen LogP contribution is 2.36. The molecule has 0 bridgehead atoms. The molecule has 0 aliphatic carbocycles. The molecule has 3 aromatic rings. The van der Waals surface area contributed by atoms with Crippen LogP contribution in [-0.4, -0.2) is 35.7 Å². The Morgan fingerprint density at radius 2 is 1.72 bits per heavy atom. The minimum Gasteiger partial charge on any atom is -0.494 e. The maximum atomic E-state index is 11.4. The summed E-state index contributed by atoms with van der Waals surface area (Å²) in [6.45, 7) is 4.18. The van der Waals surface area contributed by atoms with Crippen molar-refractivity contribution in [2.24, 2.45) is 5.92 Å². The Balaban J connectivity index is 1.74. The Morgan fingerprint density at radius 1 is 1.03 bits per heavy atom. The Labute approximate surface area is 171 Å². The highest BCUT2D eigenvalue weighted by atomic mass is 16.5. The van der Waals surface area contributed by atoms with E-state index < -0.39 is 5.97 Å². The average molecular weight is 389 g/mol. The van der Waals surface area contributed by atoms with Crippen molar-refractivity contribution >= 4 is 16.7 Å². The van der Waals surface area contributed by atoms with Crippen LogP contribution in [0.5, 0.6) is 5.75 Å². The van der Waals surface area contributed by atoms with Crippen LogP contribution in [0.3, 0.4) is 0 Å². The Bertz CT molecular complexity index is 970. The predicted octanol–water partition coefficient (Wildman–Crippen LogP) is 5.12. The average Bonchev–Trinajstić information content (AvgIpc) is 2.76. The highest BCUT2D eigenvalue weighted by molar-refractivity contribution is 5.86. The minimum absolute atomic E-state index is 0.0894. The molecule has 1 unspecified atom stereocenters. The van der Waals surface area contributed by atoms with Crippen LogP contribution < -0.4 is 4.74 Å². The molecule has 1 atom stereocenters. The van der Waals surface area contributed by atoms with Crippen molar-refractivity contribution in [3.63, 3.8) is 0 Å². The quantitative estimate of drug-likeness (QED) is 0.635. The van der Waals surface area contributed by atoms with Crippen molar-refractivity contribution < 1.29 is 14.6 Å². The summed E-state index contributed by atoms with van der Waals surface area (Å²) < 4.78 is 5.62. The van der Waals surface area contributed by atoms with Crippen LogP contribution in [0.25, 0.3) is 10.8 Å². The number of fused-ring (bicyclic) bond motifs is 1. The minimum atomic E-state index is -0.674. The second-order valence-electron chi connectivity index (χ2n) is 7.62. The number of ether oxygens (including phenoxy) is 1. The first-order chi connectivity index (χ1) is 14.2. The van der Waals surface area contributed by atoms with Crippen molar-refractivity contribution in [1.29, 1.82) is 0 Å². The Hall–Kier alpha value is -2.85. The molecular formula is C25H27NO3. The molecule has 1 aliphatic rings. The van der Waals surface area contributed by atoms with Gasteiger partial charge in [-0.25, -0.2) is 0 Å². The third kappa shape index (κ3) is 4.13. The summed E-state index contributed by atoms with van der Waals surface area (Å²) in [4.78, 5) is 13.8. The predicted molar refractivity (Wildman–Crippen MR) is 115 cm³/mol. The molecule has 0 saturated carbocycles. The molecule has 0 radical (unpaired) electrons. The number of carboxylic acids is 1. The van der Waals surface area contributed by atoms with Crippen molar-refractivity contribution in [1.82, 2.24) is 4.90 Å². The molecule has 4 nitrogen and oxygen atoms in total. The van der Waals surface area contributed by atoms with E-state index in [9.17, 15) is 9.90 Å². The van der Waals surface area contributed by atoms with Gasteiger partial charge >= 0.3 is 5.97 Å². The maximum Gasteiger partial charge on any atom is 0.306 e. The molecule has 0 spiro atoms. The molecule has 3 aromatic carbocycles. The van der Waals surface area contributed by atoms with Crippen molar-refractivity contribution in [2.75, 3.05) is 19.7 Å². The summed E-state index contributed by atoms with van der Waals surface area (Å²) >= 11 is 0. The van der Waals surface area contributed by atoms with E-state index in [-0.39, 0.29) is 12.0 Å². The molecule has 1 fully saturated rings. The van der Waals surface area contributed by atoms with Gasteiger partial charge in [0.25, 0.3) is 0 Å². The van der Waals surface area contributed by atoms with Crippen LogP contribution in [0.15, 0.2) is 66.7 Å². The molecule has 4 rings (SSSR count). The molecule has 1 N–H and O–H groups in total. The van der Waals surface area contributed by atoms with Crippen molar-refractivity contribution in [3.8, 4) is 5.75 Å². The third-order valence-electron chi connectivity index (χ3n) is 5.87. The zero-order valence-corrected chi connectivity index (χ0v) is 16.8. The van der Waals surface area contributed by atoms with Gasteiger partial charge in [-0.05, 0) is 66.9 Å². The zero-order valence-electron chi connectivity index (χ0n) is 16.8. The summed E-state index contributed by atoms with van der Waals surface area (Å²) in [5.41, 5.74) is 2.47. The molecule has 0 aromatic heterocycles. The van der Waals surface area contributed by atoms with E-state index in [1.807, 2.05) is 19.1 Å². The third-order valence-corrected chi connectivity index (χ3v) is 5.87. The number of aliphatic carboxylic acids is 1. The number of hydrogen-bond acceptors (Lipinski definition) is 3. The lowest BCUT2D eigenvalue weighted by Crippen LogP contribution is -2.39. The first-order valence-electron chi connectivity index (χ1n) is 10.3. The number of carboxylic acid groups (broad SMARTS) is 1. The van der Waals surface area contributed by atoms with Crippen LogP contribution in [0.1, 0.15) is 36.9 Å². The smallest absolute Gasteiger partial charge is 0.306 e. The number of carbonyl (C=O) groups is 1. The van der Waals surface area contributed by atoms with Gasteiger partial charge in [0.1, 0.15) is 5.75 Å². The van der Waals surface area contributed by atoms with E-state index in [1.165, 1.54) is 21.9 Å². The van der Waals surface area contributed by atoms with E-state index in [0.29, 0.717) is 19.4 Å². The number of rotatable bonds is 6. The zero-order chi connectivity index (χ0) is 20.2. The lowest BCUT2D eigenvalue weighted by Gasteiger charge is -2.37. The highest BCUT2D eigenvalue weighted by Gasteiger charge is 2.30. The van der Waals surface area contributed by atoms with E-state index in [0.717, 1.165) is 18.8 Å². The van der Waals surface area contributed by atoms with E-state index in [2.05, 4.69) is 59.5 Å². The summed E-state index contributed by atoms with van der Waals surface area (Å²) in [6.07, 6.45) is 1.38. The van der Waals surface area contributed by atoms with Crippen LogP contribution >= 0.6 is 0 Å². The van der Waals surface area contributed by atoms with Gasteiger partial charge in [0.2, 0.25) is 0 Å². The van der Waals surface area contributed by atoms with Crippen LogP contribution in [0.4, 0.5) is 0 Å². The number of benzene rings is 3. The fourth-order valence-electron chi connectivity index (χ4n) is 4.39. The largest absolute Gasteiger partial charge is 0.494 e. The molecule has 4 heteroatoms. The second kappa shape index (κ2) is 8.66. The Morgan fingerprint density at radius 3 is 2.41 bits per heavy atom. The van der Waals surface area contributed by atoms with Gasteiger partial charge in [-0.15, -0.1) is 0 Å². The van der Waals surface area contributed by atoms with Crippen LogP contribution in [-0.2, 0) is 4.79 Å². The first kappa shape index (κ1) is 19.5. The Kier molecular flexibility index (Phi) is 5.81. The summed E-state index contributed by atoms with van der Waals surface area (Å²) in [6, 6.07) is 23.4. The van der Waals surface area contributed by atoms with Gasteiger partial charge in [0, 0.05) is 0 Å². The van der Waals surface area contributed by atoms with Gasteiger partial charge in [-0.2, -0.15) is 0 Å². The number of piperidine rings is 1. The summed E-state index contributed by atoms with van der Waals surface area (Å²) in [7, 11) is 0. The van der Waals surface area contributed by atoms with Crippen molar-refractivity contribution in [2.45, 2.75) is 25.8 Å². The summed E-state index contributed by atoms with van der Waals surface area (Å²) in [5, 5.41) is 11.9. The molecule has 1 aliphatic heterocycles. The van der Waals surface area contributed by atoms with Gasteiger partial charge in [-0.3, -0.25) is 9.69 Å². The van der Waals surface area contributed by atoms with Crippen LogP contribution in [0, 0.1) is 5.92 Å². The molecule has 0 amide bonds. The fourth-order valence-corrected chi connectivity index (χ4v) is 4.39. The molecule has 29 heavy (non-hydrogen) atoms. The summed E-state index contributed by atoms with van der Waals surface area (Å²) in [5.74, 6) is -0.0373. The topological polar surface area (TPSA) is 49.8 Å². The molecule has 1 saturated heterocycles. The van der Waals surface area contributed by atoms with Crippen LogP contribution in [0.2, 0.25) is 0 Å². The second-order valence-corrected chi connectivity index (χ2v) is 7.62. The van der Waals surface area contributed by atoms with Gasteiger partial charge < -0.3 is 9.84 Å².